The second-order valence-electron chi connectivity index (χ2n) is 16.4. The largest absolute Gasteiger partial charge is 0.460 e. The van der Waals surface area contributed by atoms with Gasteiger partial charge in [0, 0.05) is 67.0 Å². The van der Waals surface area contributed by atoms with Gasteiger partial charge < -0.3 is 18.3 Å². The molecular weight excluding hydrogens is 757 g/mol. The molecule has 4 heteroatoms. The van der Waals surface area contributed by atoms with E-state index in [1.54, 1.807) is 0 Å². The topological polar surface area (TPSA) is 34.5 Å². The molecule has 0 spiro atoms. The summed E-state index contributed by atoms with van der Waals surface area (Å²) >= 11 is 0. The Labute approximate surface area is 357 Å². The summed E-state index contributed by atoms with van der Waals surface area (Å²) in [7, 11) is 0. The molecule has 0 aliphatic heterocycles. The van der Waals surface area contributed by atoms with Crippen molar-refractivity contribution in [2.75, 3.05) is 4.90 Å². The van der Waals surface area contributed by atoms with E-state index in [0.29, 0.717) is 0 Å². The number of para-hydroxylation sites is 7. The molecule has 1 aliphatic rings. The molecule has 0 bridgehead atoms. The smallest absolute Gasteiger partial charge is 0.143 e. The van der Waals surface area contributed by atoms with Crippen molar-refractivity contribution in [3.8, 4) is 16.8 Å². The average molecular weight is 795 g/mol. The third kappa shape index (κ3) is 5.26. The summed E-state index contributed by atoms with van der Waals surface area (Å²) in [6.07, 6.45) is 5.40. The Morgan fingerprint density at radius 2 is 1.08 bits per heavy atom. The molecule has 62 heavy (non-hydrogen) atoms. The van der Waals surface area contributed by atoms with Crippen molar-refractivity contribution in [1.29, 1.82) is 0 Å². The van der Waals surface area contributed by atoms with E-state index < -0.39 is 0 Å². The lowest BCUT2D eigenvalue weighted by molar-refractivity contribution is 0.532. The maximum atomic E-state index is 6.97. The van der Waals surface area contributed by atoms with Gasteiger partial charge in [-0.2, -0.15) is 0 Å². The molecule has 0 radical (unpaired) electrons. The fraction of sp³-hybridized carbons (Fsp3) is 0.0345. The molecule has 0 saturated heterocycles. The van der Waals surface area contributed by atoms with Gasteiger partial charge in [0.25, 0.3) is 0 Å². The number of hydrogen-bond acceptors (Lipinski definition) is 3. The summed E-state index contributed by atoms with van der Waals surface area (Å²) in [6.45, 7) is 0. The van der Waals surface area contributed by atoms with Gasteiger partial charge in [-0.05, 0) is 65.5 Å². The molecule has 0 amide bonds. The summed E-state index contributed by atoms with van der Waals surface area (Å²) in [5.41, 5.74) is 13.9. The third-order valence-electron chi connectivity index (χ3n) is 13.0. The van der Waals surface area contributed by atoms with Crippen molar-refractivity contribution in [1.82, 2.24) is 4.57 Å². The standard InChI is InChI=1S/C58H38N2O2/c1-2-15-41-38(14-1)30-35-49-48-21-13-20-47(58(48)62-57(41)49)44-18-5-7-22-50(44)59(40-32-28-37(29-33-40)39-31-34-46-45-19-6-12-27-55(45)61-56(46)36-39)53-25-10-11-26-54(53)60-51-23-8-3-16-42(51)43-17-4-9-24-52(43)60/h1-35,39H,36H2. The fourth-order valence-electron chi connectivity index (χ4n) is 10.1. The predicted octanol–water partition coefficient (Wildman–Crippen LogP) is 16.1. The van der Waals surface area contributed by atoms with Crippen molar-refractivity contribution in [2.24, 2.45) is 0 Å². The Hall–Kier alpha value is -8.08. The van der Waals surface area contributed by atoms with Crippen LogP contribution >= 0.6 is 0 Å². The van der Waals surface area contributed by atoms with Gasteiger partial charge in [0.05, 0.1) is 28.1 Å². The molecule has 0 N–H and O–H groups in total. The van der Waals surface area contributed by atoms with Crippen molar-refractivity contribution in [3.05, 3.63) is 223 Å². The molecule has 13 rings (SSSR count). The monoisotopic (exact) mass is 794 g/mol. The highest BCUT2D eigenvalue weighted by atomic mass is 16.3. The lowest BCUT2D eigenvalue weighted by Gasteiger charge is -2.30. The van der Waals surface area contributed by atoms with Crippen LogP contribution in [0.25, 0.3) is 88.4 Å². The van der Waals surface area contributed by atoms with Gasteiger partial charge >= 0.3 is 0 Å². The van der Waals surface area contributed by atoms with Gasteiger partial charge in [0.2, 0.25) is 0 Å². The SMILES string of the molecule is C1=CC(c2ccc(N(c3ccccc3-c3cccc4c3oc3c5ccccc5ccc43)c3ccccc3-n3c4ccccc4c4ccccc43)cc2)Cc2oc3ccccc3c21. The summed E-state index contributed by atoms with van der Waals surface area (Å²) in [6, 6.07) is 71.9. The fourth-order valence-corrected chi connectivity index (χ4v) is 10.1. The second-order valence-corrected chi connectivity index (χ2v) is 16.4. The number of benzene rings is 9. The van der Waals surface area contributed by atoms with Crippen LogP contribution < -0.4 is 4.90 Å². The zero-order chi connectivity index (χ0) is 40.7. The lowest BCUT2D eigenvalue weighted by atomic mass is 9.88. The Morgan fingerprint density at radius 3 is 1.90 bits per heavy atom. The molecular formula is C58H38N2O2. The number of rotatable bonds is 6. The van der Waals surface area contributed by atoms with E-state index in [-0.39, 0.29) is 5.92 Å². The minimum Gasteiger partial charge on any atom is -0.460 e. The van der Waals surface area contributed by atoms with Gasteiger partial charge in [-0.1, -0.05) is 158 Å². The van der Waals surface area contributed by atoms with Gasteiger partial charge in [0.15, 0.2) is 0 Å². The van der Waals surface area contributed by atoms with E-state index in [0.717, 1.165) is 90.0 Å². The van der Waals surface area contributed by atoms with Crippen LogP contribution in [0, 0.1) is 0 Å². The van der Waals surface area contributed by atoms with Crippen molar-refractivity contribution in [3.63, 3.8) is 0 Å². The van der Waals surface area contributed by atoms with Crippen LogP contribution in [0.15, 0.2) is 215 Å². The quantitative estimate of drug-likeness (QED) is 0.168. The Bertz CT molecular complexity index is 3700. The van der Waals surface area contributed by atoms with Crippen molar-refractivity contribution < 1.29 is 8.83 Å². The highest BCUT2D eigenvalue weighted by molar-refractivity contribution is 6.18. The number of fused-ring (bicyclic) bond motifs is 11. The van der Waals surface area contributed by atoms with Crippen LogP contribution in [0.3, 0.4) is 0 Å². The zero-order valence-corrected chi connectivity index (χ0v) is 33.7. The minimum absolute atomic E-state index is 0.199. The maximum Gasteiger partial charge on any atom is 0.143 e. The Kier molecular flexibility index (Phi) is 7.70. The molecule has 0 fully saturated rings. The Morgan fingerprint density at radius 1 is 0.452 bits per heavy atom. The molecule has 4 nitrogen and oxygen atoms in total. The van der Waals surface area contributed by atoms with Crippen LogP contribution in [0.5, 0.6) is 0 Å². The van der Waals surface area contributed by atoms with Crippen LogP contribution in [0.1, 0.15) is 22.8 Å². The summed E-state index contributed by atoms with van der Waals surface area (Å²) in [5.74, 6) is 1.25. The maximum absolute atomic E-state index is 6.97. The highest BCUT2D eigenvalue weighted by Crippen LogP contribution is 2.48. The van der Waals surface area contributed by atoms with Crippen LogP contribution in [-0.4, -0.2) is 4.57 Å². The van der Waals surface area contributed by atoms with Crippen molar-refractivity contribution >= 4 is 88.6 Å². The first kappa shape index (κ1) is 34.8. The second kappa shape index (κ2) is 13.7. The van der Waals surface area contributed by atoms with Crippen LogP contribution in [-0.2, 0) is 6.42 Å². The van der Waals surface area contributed by atoms with E-state index in [1.807, 2.05) is 6.07 Å². The number of furan rings is 2. The van der Waals surface area contributed by atoms with Crippen molar-refractivity contribution in [2.45, 2.75) is 12.3 Å². The number of aromatic nitrogens is 1. The first-order chi connectivity index (χ1) is 30.8. The van der Waals surface area contributed by atoms with Gasteiger partial charge in [-0.25, -0.2) is 0 Å². The lowest BCUT2D eigenvalue weighted by Crippen LogP contribution is -2.14. The molecule has 3 heterocycles. The summed E-state index contributed by atoms with van der Waals surface area (Å²) in [5, 5.41) is 8.14. The molecule has 1 atom stereocenters. The van der Waals surface area contributed by atoms with E-state index in [4.69, 9.17) is 8.83 Å². The number of allylic oxidation sites excluding steroid dienone is 1. The van der Waals surface area contributed by atoms with Crippen LogP contribution in [0.4, 0.5) is 17.1 Å². The number of hydrogen-bond donors (Lipinski definition) is 0. The summed E-state index contributed by atoms with van der Waals surface area (Å²) in [4.78, 5) is 2.43. The van der Waals surface area contributed by atoms with E-state index >= 15 is 0 Å². The first-order valence-corrected chi connectivity index (χ1v) is 21.4. The molecule has 3 aromatic heterocycles. The zero-order valence-electron chi connectivity index (χ0n) is 33.7. The molecule has 12 aromatic rings. The van der Waals surface area contributed by atoms with Crippen LogP contribution in [0.2, 0.25) is 0 Å². The first-order valence-electron chi connectivity index (χ1n) is 21.4. The molecule has 292 valence electrons. The van der Waals surface area contributed by atoms with E-state index in [1.165, 1.54) is 32.7 Å². The molecule has 1 aliphatic carbocycles. The average Bonchev–Trinajstić information content (AvgIpc) is 4.02. The normalized spacial score (nSPS) is 13.8. The van der Waals surface area contributed by atoms with Gasteiger partial charge in [0.1, 0.15) is 22.5 Å². The summed E-state index contributed by atoms with van der Waals surface area (Å²) < 4.78 is 15.8. The highest BCUT2D eigenvalue weighted by Gasteiger charge is 2.26. The number of nitrogens with zero attached hydrogens (tertiary/aromatic N) is 2. The van der Waals surface area contributed by atoms with E-state index in [2.05, 4.69) is 216 Å². The minimum atomic E-state index is 0.199. The molecule has 9 aromatic carbocycles. The predicted molar refractivity (Wildman–Crippen MR) is 257 cm³/mol. The molecule has 1 unspecified atom stereocenters. The van der Waals surface area contributed by atoms with E-state index in [9.17, 15) is 0 Å². The number of anilines is 3. The Balaban J connectivity index is 1.01. The molecule has 0 saturated carbocycles. The third-order valence-corrected chi connectivity index (χ3v) is 13.0. The van der Waals surface area contributed by atoms with Gasteiger partial charge in [-0.15, -0.1) is 0 Å². The van der Waals surface area contributed by atoms with Gasteiger partial charge in [-0.3, -0.25) is 0 Å².